The number of nitrogens with two attached hydrogens (primary N) is 1. The molecule has 0 aliphatic carbocycles. The van der Waals surface area contributed by atoms with Gasteiger partial charge < -0.3 is 55.7 Å². The molecule has 3 aromatic rings. The van der Waals surface area contributed by atoms with Gasteiger partial charge >= 0.3 is 24.1 Å². The smallest absolute Gasteiger partial charge is 0.441 e. The SMILES string of the molecule is Cn1c(COC(=O)NCCCCO)cnc1[N+](=O)[O-].Cn1c(COC(=O)Oc2ccc([N+](=O)[O-])cc2)cnc1[N+](=O)[O-].NCCCCO. The van der Waals surface area contributed by atoms with E-state index in [-0.39, 0.29) is 49.8 Å². The molecule has 2 heterocycles. The monoisotopic (exact) mass is 683 g/mol. The number of aliphatic hydroxyl groups is 2. The van der Waals surface area contributed by atoms with Crippen molar-refractivity contribution in [3.63, 3.8) is 0 Å². The molecule has 22 heteroatoms. The largest absolute Gasteiger partial charge is 0.514 e. The summed E-state index contributed by atoms with van der Waals surface area (Å²) in [4.78, 5) is 59.8. The summed E-state index contributed by atoms with van der Waals surface area (Å²) >= 11 is 0. The highest BCUT2D eigenvalue weighted by atomic mass is 16.7. The Labute approximate surface area is 272 Å². The highest BCUT2D eigenvalue weighted by Crippen LogP contribution is 2.18. The summed E-state index contributed by atoms with van der Waals surface area (Å²) in [6.07, 6.45) is 3.88. The third kappa shape index (κ3) is 14.6. The number of aliphatic hydroxyl groups excluding tert-OH is 2. The average molecular weight is 684 g/mol. The van der Waals surface area contributed by atoms with Gasteiger partial charge in [-0.2, -0.15) is 0 Å². The number of aromatic nitrogens is 4. The van der Waals surface area contributed by atoms with Crippen LogP contribution in [0.1, 0.15) is 37.1 Å². The van der Waals surface area contributed by atoms with Crippen LogP contribution in [0.5, 0.6) is 5.75 Å². The fourth-order valence-electron chi connectivity index (χ4n) is 3.24. The average Bonchev–Trinajstić information content (AvgIpc) is 3.62. The van der Waals surface area contributed by atoms with E-state index >= 15 is 0 Å². The number of amides is 1. The Morgan fingerprint density at radius 1 is 0.812 bits per heavy atom. The van der Waals surface area contributed by atoms with E-state index < -0.39 is 27.0 Å². The molecule has 2 aromatic heterocycles. The number of carbonyl (C=O) groups is 2. The van der Waals surface area contributed by atoms with E-state index in [9.17, 15) is 39.9 Å². The standard InChI is InChI=1S/C12H10N4O7.C10H16N4O5.C4H11NO/c1-14-9(6-13-11(14)16(20)21)7-22-12(17)23-10-4-2-8(3-5-10)15(18)19;1-13-8(6-12-9(13)14(17)18)7-19-10(16)11-4-2-3-5-15;5-3-1-2-4-6/h2-6H,7H2,1H3;6,15H,2-5,7H2,1H3,(H,11,16);6H,1-5H2. The van der Waals surface area contributed by atoms with Gasteiger partial charge in [-0.3, -0.25) is 10.1 Å². The minimum Gasteiger partial charge on any atom is -0.441 e. The van der Waals surface area contributed by atoms with Crippen molar-refractivity contribution in [1.82, 2.24) is 24.4 Å². The van der Waals surface area contributed by atoms with E-state index in [2.05, 4.69) is 15.3 Å². The Hall–Kier alpha value is -5.74. The van der Waals surface area contributed by atoms with Crippen LogP contribution in [-0.4, -0.2) is 82.6 Å². The molecule has 0 aliphatic rings. The lowest BCUT2D eigenvalue weighted by atomic mass is 10.3. The van der Waals surface area contributed by atoms with Gasteiger partial charge in [0.1, 0.15) is 18.1 Å². The number of rotatable bonds is 15. The van der Waals surface area contributed by atoms with Crippen LogP contribution in [0.25, 0.3) is 0 Å². The lowest BCUT2D eigenvalue weighted by Gasteiger charge is -2.05. The normalized spacial score (nSPS) is 10.0. The minimum absolute atomic E-state index is 0.0663. The van der Waals surface area contributed by atoms with Gasteiger partial charge in [0.05, 0.1) is 19.0 Å². The van der Waals surface area contributed by atoms with Crippen molar-refractivity contribution in [1.29, 1.82) is 0 Å². The molecule has 22 nitrogen and oxygen atoms in total. The molecule has 48 heavy (non-hydrogen) atoms. The van der Waals surface area contributed by atoms with Gasteiger partial charge in [0.15, 0.2) is 24.6 Å². The summed E-state index contributed by atoms with van der Waals surface area (Å²) in [6, 6.07) is 4.84. The second-order valence-electron chi connectivity index (χ2n) is 9.28. The van der Waals surface area contributed by atoms with Crippen molar-refractivity contribution >= 4 is 29.8 Å². The van der Waals surface area contributed by atoms with Crippen LogP contribution in [0.2, 0.25) is 0 Å². The second-order valence-corrected chi connectivity index (χ2v) is 9.28. The molecule has 0 atom stereocenters. The summed E-state index contributed by atoms with van der Waals surface area (Å²) in [6.45, 7) is 1.09. The number of hydrogen-bond acceptors (Lipinski definition) is 16. The number of alkyl carbamates (subject to hydrolysis) is 1. The first-order valence-corrected chi connectivity index (χ1v) is 14.1. The number of carbonyl (C=O) groups excluding carboxylic acids is 2. The van der Waals surface area contributed by atoms with Crippen LogP contribution in [0, 0.1) is 30.3 Å². The van der Waals surface area contributed by atoms with Crippen LogP contribution in [0.3, 0.4) is 0 Å². The molecule has 5 N–H and O–H groups in total. The van der Waals surface area contributed by atoms with Crippen molar-refractivity contribution in [2.24, 2.45) is 19.8 Å². The molecule has 0 unspecified atom stereocenters. The second kappa shape index (κ2) is 21.9. The van der Waals surface area contributed by atoms with Crippen LogP contribution in [0.4, 0.5) is 27.2 Å². The van der Waals surface area contributed by atoms with Gasteiger partial charge in [0.25, 0.3) is 5.69 Å². The quantitative estimate of drug-likeness (QED) is 0.0585. The van der Waals surface area contributed by atoms with Gasteiger partial charge in [0, 0.05) is 31.9 Å². The van der Waals surface area contributed by atoms with Gasteiger partial charge in [-0.1, -0.05) is 9.97 Å². The Morgan fingerprint density at radius 3 is 1.73 bits per heavy atom. The fourth-order valence-corrected chi connectivity index (χ4v) is 3.24. The van der Waals surface area contributed by atoms with Crippen LogP contribution in [0.15, 0.2) is 36.7 Å². The molecule has 0 bridgehead atoms. The van der Waals surface area contributed by atoms with E-state index in [4.69, 9.17) is 30.2 Å². The lowest BCUT2D eigenvalue weighted by molar-refractivity contribution is -0.396. The lowest BCUT2D eigenvalue weighted by Crippen LogP contribution is -2.25. The Morgan fingerprint density at radius 2 is 1.31 bits per heavy atom. The number of hydrogen-bond donors (Lipinski definition) is 4. The van der Waals surface area contributed by atoms with Crippen molar-refractivity contribution < 1.29 is 48.8 Å². The maximum atomic E-state index is 11.5. The Balaban J connectivity index is 0.000000416. The molecule has 0 fully saturated rings. The maximum absolute atomic E-state index is 11.5. The molecular weight excluding hydrogens is 646 g/mol. The molecular formula is C26H37N9O13. The number of unbranched alkanes of at least 4 members (excludes halogenated alkanes) is 2. The predicted octanol–water partition coefficient (Wildman–Crippen LogP) is 2.00. The van der Waals surface area contributed by atoms with Crippen molar-refractivity contribution in [2.75, 3.05) is 26.3 Å². The Kier molecular flexibility index (Phi) is 18.4. The third-order valence-corrected chi connectivity index (χ3v) is 5.85. The van der Waals surface area contributed by atoms with Crippen molar-refractivity contribution in [3.8, 4) is 5.75 Å². The predicted molar refractivity (Wildman–Crippen MR) is 164 cm³/mol. The van der Waals surface area contributed by atoms with E-state index in [1.807, 2.05) is 0 Å². The molecule has 0 saturated carbocycles. The van der Waals surface area contributed by atoms with E-state index in [1.165, 1.54) is 59.9 Å². The number of imidazole rings is 2. The van der Waals surface area contributed by atoms with E-state index in [1.54, 1.807) is 0 Å². The number of nitrogens with one attached hydrogen (secondary N) is 1. The fraction of sp³-hybridized carbons (Fsp3) is 0.462. The zero-order valence-electron chi connectivity index (χ0n) is 26.1. The third-order valence-electron chi connectivity index (χ3n) is 5.85. The number of benzene rings is 1. The molecule has 1 aromatic carbocycles. The summed E-state index contributed by atoms with van der Waals surface area (Å²) < 4.78 is 16.9. The van der Waals surface area contributed by atoms with E-state index in [0.29, 0.717) is 37.3 Å². The number of non-ortho nitro benzene ring substituents is 1. The maximum Gasteiger partial charge on any atom is 0.514 e. The van der Waals surface area contributed by atoms with Gasteiger partial charge in [-0.15, -0.1) is 0 Å². The summed E-state index contributed by atoms with van der Waals surface area (Å²) in [5, 5.41) is 50.9. The van der Waals surface area contributed by atoms with Crippen molar-refractivity contribution in [2.45, 2.75) is 38.9 Å². The highest BCUT2D eigenvalue weighted by Gasteiger charge is 2.20. The van der Waals surface area contributed by atoms with Gasteiger partial charge in [0.2, 0.25) is 0 Å². The van der Waals surface area contributed by atoms with E-state index in [0.717, 1.165) is 12.8 Å². The van der Waals surface area contributed by atoms with Crippen LogP contribution >= 0.6 is 0 Å². The van der Waals surface area contributed by atoms with Crippen LogP contribution in [-0.2, 0) is 36.8 Å². The molecule has 0 radical (unpaired) electrons. The molecule has 0 aliphatic heterocycles. The first-order valence-electron chi connectivity index (χ1n) is 14.1. The summed E-state index contributed by atoms with van der Waals surface area (Å²) in [5.74, 6) is -0.620. The minimum atomic E-state index is -1.05. The number of nitro benzene ring substituents is 1. The molecule has 264 valence electrons. The zero-order chi connectivity index (χ0) is 36.1. The topological polar surface area (TPSA) is 305 Å². The zero-order valence-corrected chi connectivity index (χ0v) is 26.1. The van der Waals surface area contributed by atoms with Crippen molar-refractivity contribution in [3.05, 3.63) is 78.4 Å². The first kappa shape index (κ1) is 40.3. The first-order chi connectivity index (χ1) is 22.9. The highest BCUT2D eigenvalue weighted by molar-refractivity contribution is 5.67. The molecule has 0 spiro atoms. The van der Waals surface area contributed by atoms with Gasteiger partial charge in [-0.05, 0) is 54.2 Å². The molecule has 0 saturated heterocycles. The number of nitrogens with zero attached hydrogens (tertiary/aromatic N) is 7. The Bertz CT molecular complexity index is 1470. The molecule has 1 amide bonds. The number of ether oxygens (including phenoxy) is 3. The van der Waals surface area contributed by atoms with Crippen LogP contribution < -0.4 is 15.8 Å². The number of nitro groups is 3. The van der Waals surface area contributed by atoms with Gasteiger partial charge in [-0.25, -0.2) is 18.7 Å². The summed E-state index contributed by atoms with van der Waals surface area (Å²) in [7, 11) is 2.88. The molecule has 3 rings (SSSR count). The summed E-state index contributed by atoms with van der Waals surface area (Å²) in [5.41, 5.74) is 5.69.